The summed E-state index contributed by atoms with van der Waals surface area (Å²) < 4.78 is 19.3. The fourth-order valence-corrected chi connectivity index (χ4v) is 4.69. The molecule has 174 valence electrons. The zero-order valence-corrected chi connectivity index (χ0v) is 20.2. The summed E-state index contributed by atoms with van der Waals surface area (Å²) >= 11 is 7.94. The summed E-state index contributed by atoms with van der Waals surface area (Å²) in [6.07, 6.45) is 3.00. The number of nitrogens with one attached hydrogen (secondary N) is 1. The second kappa shape index (κ2) is 13.3. The molecule has 0 radical (unpaired) electrons. The molecule has 0 aromatic heterocycles. The van der Waals surface area contributed by atoms with Gasteiger partial charge in [0.05, 0.1) is 11.1 Å². The highest BCUT2D eigenvalue weighted by molar-refractivity contribution is 8.14. The molecule has 4 rings (SSSR count). The summed E-state index contributed by atoms with van der Waals surface area (Å²) in [5, 5.41) is 12.0. The minimum absolute atomic E-state index is 0.189. The molecule has 2 heterocycles. The average Bonchev–Trinajstić information content (AvgIpc) is 3.23. The Bertz CT molecular complexity index is 926. The number of aliphatic imine (C=N–C) groups is 1. The first-order valence-corrected chi connectivity index (χ1v) is 12.1. The fourth-order valence-electron chi connectivity index (χ4n) is 3.56. The molecular weight excluding hydrogens is 451 g/mol. The average molecular weight is 481 g/mol. The number of hydrogen-bond acceptors (Lipinski definition) is 5. The van der Waals surface area contributed by atoms with Crippen LogP contribution in [0.25, 0.3) is 0 Å². The van der Waals surface area contributed by atoms with E-state index in [1.807, 2.05) is 45.0 Å². The zero-order valence-electron chi connectivity index (χ0n) is 18.6. The van der Waals surface area contributed by atoms with E-state index in [0.29, 0.717) is 23.4 Å². The molecule has 8 heteroatoms. The highest BCUT2D eigenvalue weighted by Crippen LogP contribution is 2.31. The summed E-state index contributed by atoms with van der Waals surface area (Å²) in [5.74, 6) is 1.48. The summed E-state index contributed by atoms with van der Waals surface area (Å²) in [6.45, 7) is 6.22. The molecule has 0 aliphatic carbocycles. The zero-order chi connectivity index (χ0) is 23.5. The molecule has 2 unspecified atom stereocenters. The molecule has 0 saturated carbocycles. The van der Waals surface area contributed by atoms with Crippen molar-refractivity contribution in [1.29, 1.82) is 0 Å². The molecule has 0 bridgehead atoms. The first-order chi connectivity index (χ1) is 15.5. The molecule has 5 nitrogen and oxygen atoms in total. The van der Waals surface area contributed by atoms with Crippen LogP contribution in [-0.2, 0) is 11.2 Å². The highest BCUT2D eigenvalue weighted by atomic mass is 35.5. The summed E-state index contributed by atoms with van der Waals surface area (Å²) in [4.78, 5) is 13.2. The lowest BCUT2D eigenvalue weighted by Gasteiger charge is -2.28. The minimum Gasteiger partial charge on any atom is -0.485 e. The molecule has 2 atom stereocenters. The van der Waals surface area contributed by atoms with Crippen LogP contribution in [0.4, 0.5) is 10.1 Å². The maximum Gasteiger partial charge on any atom is 0.290 e. The number of halogens is 2. The molecule has 2 aliphatic heterocycles. The normalized spacial score (nSPS) is 18.6. The van der Waals surface area contributed by atoms with Gasteiger partial charge in [-0.3, -0.25) is 9.79 Å². The van der Waals surface area contributed by atoms with Gasteiger partial charge in [-0.2, -0.15) is 0 Å². The van der Waals surface area contributed by atoms with Gasteiger partial charge >= 0.3 is 0 Å². The maximum absolute atomic E-state index is 13.5. The van der Waals surface area contributed by atoms with Gasteiger partial charge in [0.15, 0.2) is 0 Å². The number of benzene rings is 2. The van der Waals surface area contributed by atoms with E-state index in [4.69, 9.17) is 31.2 Å². The Kier molecular flexibility index (Phi) is 10.8. The van der Waals surface area contributed by atoms with E-state index in [2.05, 4.69) is 5.32 Å². The van der Waals surface area contributed by atoms with Crippen molar-refractivity contribution < 1.29 is 19.0 Å². The van der Waals surface area contributed by atoms with Crippen LogP contribution in [0.2, 0.25) is 5.02 Å². The number of thioether (sulfide) groups is 1. The fraction of sp³-hybridized carbons (Fsp3) is 0.417. The van der Waals surface area contributed by atoms with Crippen molar-refractivity contribution in [2.75, 3.05) is 17.7 Å². The minimum atomic E-state index is -0.250. The SMILES string of the molecule is CC.Cc1ccc(Cl)c(OCC2=NC(CC3CCc4ccc(F)cc4N3)CS2)c1.O=CO. The molecule has 0 amide bonds. The summed E-state index contributed by atoms with van der Waals surface area (Å²) in [5.41, 5.74) is 3.24. The van der Waals surface area contributed by atoms with Crippen molar-refractivity contribution in [1.82, 2.24) is 0 Å². The van der Waals surface area contributed by atoms with Gasteiger partial charge in [0.1, 0.15) is 23.2 Å². The van der Waals surface area contributed by atoms with Crippen LogP contribution in [0, 0.1) is 12.7 Å². The molecule has 2 aromatic rings. The molecule has 0 saturated heterocycles. The Labute approximate surface area is 198 Å². The molecular formula is C24H30ClFN2O3S. The standard InChI is InChI=1S/C21H22ClFN2OS.C2H6.CH2O2/c1-13-2-7-18(22)20(8-13)26-11-21-25-17(12-27-21)10-16-6-4-14-3-5-15(23)9-19(14)24-16;1-2;2-1-3/h2-3,5,7-9,16-17,24H,4,6,10-12H2,1H3;1-2H3;1H,(H,2,3). The topological polar surface area (TPSA) is 70.9 Å². The van der Waals surface area contributed by atoms with Crippen LogP contribution >= 0.6 is 23.4 Å². The molecule has 2 aromatic carbocycles. The van der Waals surface area contributed by atoms with Gasteiger partial charge in [0.2, 0.25) is 0 Å². The second-order valence-electron chi connectivity index (χ2n) is 7.23. The van der Waals surface area contributed by atoms with Gasteiger partial charge in [-0.15, -0.1) is 11.8 Å². The van der Waals surface area contributed by atoms with Crippen LogP contribution < -0.4 is 10.1 Å². The monoisotopic (exact) mass is 480 g/mol. The van der Waals surface area contributed by atoms with E-state index in [9.17, 15) is 4.39 Å². The van der Waals surface area contributed by atoms with Gasteiger partial charge in [0, 0.05) is 17.5 Å². The Morgan fingerprint density at radius 2 is 2.06 bits per heavy atom. The Hall–Kier alpha value is -2.25. The van der Waals surface area contributed by atoms with Crippen molar-refractivity contribution >= 4 is 40.6 Å². The molecule has 32 heavy (non-hydrogen) atoms. The van der Waals surface area contributed by atoms with E-state index in [-0.39, 0.29) is 18.3 Å². The quantitative estimate of drug-likeness (QED) is 0.497. The number of fused-ring (bicyclic) bond motifs is 1. The third kappa shape index (κ3) is 7.71. The van der Waals surface area contributed by atoms with Crippen LogP contribution in [-0.4, -0.2) is 41.1 Å². The van der Waals surface area contributed by atoms with E-state index in [0.717, 1.165) is 41.3 Å². The Balaban J connectivity index is 0.000000671. The Morgan fingerprint density at radius 1 is 1.31 bits per heavy atom. The van der Waals surface area contributed by atoms with Crippen molar-refractivity contribution in [2.24, 2.45) is 4.99 Å². The van der Waals surface area contributed by atoms with Crippen LogP contribution in [0.5, 0.6) is 5.75 Å². The summed E-state index contributed by atoms with van der Waals surface area (Å²) in [7, 11) is 0. The number of hydrogen-bond donors (Lipinski definition) is 2. The smallest absolute Gasteiger partial charge is 0.290 e. The van der Waals surface area contributed by atoms with Gasteiger partial charge in [-0.25, -0.2) is 4.39 Å². The molecule has 0 spiro atoms. The Morgan fingerprint density at radius 3 is 2.81 bits per heavy atom. The lowest BCUT2D eigenvalue weighted by atomic mass is 9.94. The van der Waals surface area contributed by atoms with Gasteiger partial charge in [-0.1, -0.05) is 37.6 Å². The van der Waals surface area contributed by atoms with Crippen molar-refractivity contribution in [3.8, 4) is 5.75 Å². The van der Waals surface area contributed by atoms with Crippen LogP contribution in [0.3, 0.4) is 0 Å². The number of anilines is 1. The van der Waals surface area contributed by atoms with Crippen molar-refractivity contribution in [3.05, 3.63) is 58.4 Å². The van der Waals surface area contributed by atoms with Crippen molar-refractivity contribution in [2.45, 2.75) is 52.1 Å². The number of carboxylic acid groups (broad SMARTS) is 1. The first-order valence-electron chi connectivity index (χ1n) is 10.7. The van der Waals surface area contributed by atoms with Crippen molar-refractivity contribution in [3.63, 3.8) is 0 Å². The number of nitrogens with zero attached hydrogens (tertiary/aromatic N) is 1. The number of ether oxygens (including phenoxy) is 1. The van der Waals surface area contributed by atoms with Gasteiger partial charge in [0.25, 0.3) is 6.47 Å². The van der Waals surface area contributed by atoms with E-state index >= 15 is 0 Å². The molecule has 0 fully saturated rings. The van der Waals surface area contributed by atoms with E-state index in [1.54, 1.807) is 17.8 Å². The summed E-state index contributed by atoms with van der Waals surface area (Å²) in [6, 6.07) is 11.4. The number of carbonyl (C=O) groups is 1. The van der Waals surface area contributed by atoms with Crippen LogP contribution in [0.15, 0.2) is 41.4 Å². The predicted molar refractivity (Wildman–Crippen MR) is 132 cm³/mol. The third-order valence-corrected chi connectivity index (χ3v) is 6.38. The predicted octanol–water partition coefficient (Wildman–Crippen LogP) is 6.22. The lowest BCUT2D eigenvalue weighted by Crippen LogP contribution is -2.29. The lowest BCUT2D eigenvalue weighted by molar-refractivity contribution is -0.122. The molecule has 2 N–H and O–H groups in total. The molecule has 2 aliphatic rings. The van der Waals surface area contributed by atoms with E-state index in [1.165, 1.54) is 11.6 Å². The van der Waals surface area contributed by atoms with Crippen LogP contribution in [0.1, 0.15) is 37.8 Å². The van der Waals surface area contributed by atoms with Gasteiger partial charge in [-0.05, 0) is 61.6 Å². The van der Waals surface area contributed by atoms with E-state index < -0.39 is 0 Å². The largest absolute Gasteiger partial charge is 0.485 e. The number of rotatable bonds is 5. The highest BCUT2D eigenvalue weighted by Gasteiger charge is 2.25. The van der Waals surface area contributed by atoms with Gasteiger partial charge < -0.3 is 15.2 Å². The first kappa shape index (κ1) is 26.0. The second-order valence-corrected chi connectivity index (χ2v) is 8.73. The number of aryl methyl sites for hydroxylation is 2. The maximum atomic E-state index is 13.5. The third-order valence-electron chi connectivity index (χ3n) is 4.96.